The van der Waals surface area contributed by atoms with Crippen molar-refractivity contribution >= 4 is 32.5 Å². The fourth-order valence-corrected chi connectivity index (χ4v) is 6.03. The number of para-hydroxylation sites is 2. The summed E-state index contributed by atoms with van der Waals surface area (Å²) in [7, 11) is -3.73. The number of anilines is 1. The molecule has 2 heterocycles. The molecule has 2 aromatic carbocycles. The number of rotatable bonds is 7. The second-order valence-corrected chi connectivity index (χ2v) is 10.6. The van der Waals surface area contributed by atoms with Crippen molar-refractivity contribution in [3.8, 4) is 6.07 Å². The standard InChI is InChI=1S/C26H29N5O3S/c1-20-18-22-8-6-11-24(25(22)28-19-20)35(33,34)30-16-14-29(15-17-30)21(2)26(32)31(13-7-12-27)23-9-4-3-5-10-23/h3-6,8-11,18-19,21H,7,13-17H2,1-2H3. The molecule has 3 aromatic rings. The highest BCUT2D eigenvalue weighted by Gasteiger charge is 2.34. The number of carbonyl (C=O) groups excluding carboxylic acids is 1. The Hall–Kier alpha value is -3.32. The normalized spacial score (nSPS) is 16.0. The van der Waals surface area contributed by atoms with Crippen LogP contribution < -0.4 is 4.90 Å². The first-order valence-corrected chi connectivity index (χ1v) is 13.1. The fourth-order valence-electron chi connectivity index (χ4n) is 4.44. The lowest BCUT2D eigenvalue weighted by molar-refractivity contribution is -0.123. The number of pyridine rings is 1. The predicted octanol–water partition coefficient (Wildman–Crippen LogP) is 3.18. The maximum atomic E-state index is 13.5. The second kappa shape index (κ2) is 10.5. The van der Waals surface area contributed by atoms with Crippen molar-refractivity contribution in [1.82, 2.24) is 14.2 Å². The number of aromatic nitrogens is 1. The number of nitriles is 1. The van der Waals surface area contributed by atoms with E-state index in [9.17, 15) is 13.2 Å². The van der Waals surface area contributed by atoms with E-state index >= 15 is 0 Å². The third-order valence-corrected chi connectivity index (χ3v) is 8.32. The molecule has 0 spiro atoms. The van der Waals surface area contributed by atoms with Gasteiger partial charge in [0.2, 0.25) is 15.9 Å². The zero-order valence-electron chi connectivity index (χ0n) is 20.0. The van der Waals surface area contributed by atoms with Crippen LogP contribution >= 0.6 is 0 Å². The van der Waals surface area contributed by atoms with Gasteiger partial charge in [0.05, 0.1) is 24.0 Å². The Morgan fingerprint density at radius 3 is 2.51 bits per heavy atom. The number of amides is 1. The molecule has 0 aliphatic carbocycles. The molecule has 1 atom stereocenters. The summed E-state index contributed by atoms with van der Waals surface area (Å²) in [5.74, 6) is -0.101. The van der Waals surface area contributed by atoms with E-state index in [1.165, 1.54) is 4.31 Å². The zero-order chi connectivity index (χ0) is 25.0. The lowest BCUT2D eigenvalue weighted by Crippen LogP contribution is -2.55. The summed E-state index contributed by atoms with van der Waals surface area (Å²) in [6.07, 6.45) is 1.91. The Labute approximate surface area is 206 Å². The number of hydrogen-bond acceptors (Lipinski definition) is 6. The number of aryl methyl sites for hydroxylation is 1. The lowest BCUT2D eigenvalue weighted by atomic mass is 10.2. The number of sulfonamides is 1. The largest absolute Gasteiger partial charge is 0.310 e. The lowest BCUT2D eigenvalue weighted by Gasteiger charge is -2.38. The molecule has 0 N–H and O–H groups in total. The minimum Gasteiger partial charge on any atom is -0.310 e. The molecule has 1 fully saturated rings. The Bertz CT molecular complexity index is 1350. The molecular formula is C26H29N5O3S. The van der Waals surface area contributed by atoms with Crippen LogP contribution in [0.2, 0.25) is 0 Å². The van der Waals surface area contributed by atoms with Gasteiger partial charge in [0.25, 0.3) is 0 Å². The van der Waals surface area contributed by atoms with Crippen molar-refractivity contribution in [2.45, 2.75) is 31.2 Å². The van der Waals surface area contributed by atoms with E-state index in [0.29, 0.717) is 25.2 Å². The smallest absolute Gasteiger partial charge is 0.245 e. The van der Waals surface area contributed by atoms with Crippen molar-refractivity contribution in [1.29, 1.82) is 5.26 Å². The van der Waals surface area contributed by atoms with Crippen LogP contribution in [0, 0.1) is 18.3 Å². The number of fused-ring (bicyclic) bond motifs is 1. The topological polar surface area (TPSA) is 97.6 Å². The van der Waals surface area contributed by atoms with E-state index in [1.54, 1.807) is 23.2 Å². The van der Waals surface area contributed by atoms with Gasteiger partial charge in [-0.05, 0) is 43.7 Å². The summed E-state index contributed by atoms with van der Waals surface area (Å²) in [6, 6.07) is 18.1. The van der Waals surface area contributed by atoms with Gasteiger partial charge in [0, 0.05) is 50.0 Å². The molecule has 0 bridgehead atoms. The van der Waals surface area contributed by atoms with Crippen molar-refractivity contribution in [3.05, 3.63) is 66.4 Å². The molecule has 0 radical (unpaired) electrons. The Kier molecular flexibility index (Phi) is 7.45. The van der Waals surface area contributed by atoms with E-state index in [4.69, 9.17) is 5.26 Å². The maximum Gasteiger partial charge on any atom is 0.245 e. The van der Waals surface area contributed by atoms with Crippen LogP contribution in [0.15, 0.2) is 65.7 Å². The SMILES string of the molecule is Cc1cnc2c(S(=O)(=O)N3CCN(C(C)C(=O)N(CCC#N)c4ccccc4)CC3)cccc2c1. The molecule has 1 aliphatic rings. The highest BCUT2D eigenvalue weighted by Crippen LogP contribution is 2.26. The minimum absolute atomic E-state index is 0.101. The number of piperazine rings is 1. The summed E-state index contributed by atoms with van der Waals surface area (Å²) in [6.45, 7) is 5.51. The van der Waals surface area contributed by atoms with Crippen LogP contribution in [0.3, 0.4) is 0 Å². The molecule has 9 heteroatoms. The van der Waals surface area contributed by atoms with Gasteiger partial charge < -0.3 is 4.90 Å². The summed E-state index contributed by atoms with van der Waals surface area (Å²) >= 11 is 0. The third-order valence-electron chi connectivity index (χ3n) is 6.39. The summed E-state index contributed by atoms with van der Waals surface area (Å²) < 4.78 is 28.4. The van der Waals surface area contributed by atoms with E-state index in [-0.39, 0.29) is 30.3 Å². The first-order valence-electron chi connectivity index (χ1n) is 11.7. The highest BCUT2D eigenvalue weighted by molar-refractivity contribution is 7.89. The first-order chi connectivity index (χ1) is 16.8. The average molecular weight is 492 g/mol. The van der Waals surface area contributed by atoms with E-state index in [1.807, 2.05) is 61.2 Å². The predicted molar refractivity (Wildman–Crippen MR) is 135 cm³/mol. The van der Waals surface area contributed by atoms with Gasteiger partial charge in [-0.1, -0.05) is 30.3 Å². The molecule has 0 saturated carbocycles. The minimum atomic E-state index is -3.73. The van der Waals surface area contributed by atoms with Crippen LogP contribution in [0.5, 0.6) is 0 Å². The molecule has 4 rings (SSSR count). The Balaban J connectivity index is 1.48. The molecule has 1 saturated heterocycles. The molecule has 1 unspecified atom stereocenters. The molecule has 8 nitrogen and oxygen atoms in total. The van der Waals surface area contributed by atoms with Crippen LogP contribution in [-0.2, 0) is 14.8 Å². The van der Waals surface area contributed by atoms with Crippen molar-refractivity contribution in [2.24, 2.45) is 0 Å². The van der Waals surface area contributed by atoms with Crippen molar-refractivity contribution in [2.75, 3.05) is 37.6 Å². The Morgan fingerprint density at radius 2 is 1.83 bits per heavy atom. The molecule has 182 valence electrons. The van der Waals surface area contributed by atoms with Gasteiger partial charge in [-0.25, -0.2) is 8.42 Å². The number of carbonyl (C=O) groups is 1. The fraction of sp³-hybridized carbons (Fsp3) is 0.346. The highest BCUT2D eigenvalue weighted by atomic mass is 32.2. The molecule has 1 amide bonds. The van der Waals surface area contributed by atoms with E-state index < -0.39 is 16.1 Å². The zero-order valence-corrected chi connectivity index (χ0v) is 20.8. The van der Waals surface area contributed by atoms with E-state index in [2.05, 4.69) is 11.1 Å². The molecule has 35 heavy (non-hydrogen) atoms. The quantitative estimate of drug-likeness (QED) is 0.504. The molecular weight excluding hydrogens is 462 g/mol. The van der Waals surface area contributed by atoms with Gasteiger partial charge >= 0.3 is 0 Å². The van der Waals surface area contributed by atoms with Gasteiger partial charge in [-0.3, -0.25) is 14.7 Å². The van der Waals surface area contributed by atoms with Gasteiger partial charge in [0.15, 0.2) is 0 Å². The monoisotopic (exact) mass is 491 g/mol. The molecule has 1 aliphatic heterocycles. The average Bonchev–Trinajstić information content (AvgIpc) is 2.88. The first kappa shape index (κ1) is 24.8. The van der Waals surface area contributed by atoms with Crippen LogP contribution in [0.4, 0.5) is 5.69 Å². The number of benzene rings is 2. The second-order valence-electron chi connectivity index (χ2n) is 8.69. The summed E-state index contributed by atoms with van der Waals surface area (Å²) in [4.78, 5) is 21.6. The number of nitrogens with zero attached hydrogens (tertiary/aromatic N) is 5. The van der Waals surface area contributed by atoms with Gasteiger partial charge in [-0.2, -0.15) is 9.57 Å². The van der Waals surface area contributed by atoms with Gasteiger partial charge in [0.1, 0.15) is 4.90 Å². The van der Waals surface area contributed by atoms with Crippen molar-refractivity contribution < 1.29 is 13.2 Å². The van der Waals surface area contributed by atoms with Gasteiger partial charge in [-0.15, -0.1) is 0 Å². The Morgan fingerprint density at radius 1 is 1.11 bits per heavy atom. The number of hydrogen-bond donors (Lipinski definition) is 0. The maximum absolute atomic E-state index is 13.5. The van der Waals surface area contributed by atoms with Crippen LogP contribution in [-0.4, -0.2) is 67.3 Å². The van der Waals surface area contributed by atoms with Crippen LogP contribution in [0.25, 0.3) is 10.9 Å². The molecule has 1 aromatic heterocycles. The third kappa shape index (κ3) is 5.20. The van der Waals surface area contributed by atoms with Crippen molar-refractivity contribution in [3.63, 3.8) is 0 Å². The summed E-state index contributed by atoms with van der Waals surface area (Å²) in [5, 5.41) is 9.84. The van der Waals surface area contributed by atoms with Crippen LogP contribution in [0.1, 0.15) is 18.9 Å². The van der Waals surface area contributed by atoms with E-state index in [0.717, 1.165) is 16.6 Å². The summed E-state index contributed by atoms with van der Waals surface area (Å²) in [5.41, 5.74) is 2.19.